The van der Waals surface area contributed by atoms with Crippen molar-refractivity contribution in [2.24, 2.45) is 5.14 Å². The van der Waals surface area contributed by atoms with Gasteiger partial charge in [0.1, 0.15) is 10.8 Å². The maximum atomic E-state index is 11.9. The van der Waals surface area contributed by atoms with Crippen molar-refractivity contribution in [2.75, 3.05) is 11.4 Å². The van der Waals surface area contributed by atoms with Gasteiger partial charge in [-0.25, -0.2) is 18.5 Å². The molecule has 1 saturated heterocycles. The van der Waals surface area contributed by atoms with Gasteiger partial charge in [-0.05, 0) is 18.2 Å². The van der Waals surface area contributed by atoms with Crippen LogP contribution in [0.25, 0.3) is 11.1 Å². The number of fused-ring (bicyclic) bond motifs is 1. The van der Waals surface area contributed by atoms with Crippen LogP contribution in [-0.2, 0) is 14.8 Å². The summed E-state index contributed by atoms with van der Waals surface area (Å²) in [5, 5.41) is 4.25. The van der Waals surface area contributed by atoms with Crippen LogP contribution in [0.15, 0.2) is 22.6 Å². The van der Waals surface area contributed by atoms with Crippen molar-refractivity contribution >= 4 is 32.7 Å². The molecule has 8 heteroatoms. The second-order valence-electron chi connectivity index (χ2n) is 4.80. The van der Waals surface area contributed by atoms with Crippen molar-refractivity contribution in [2.45, 2.75) is 18.6 Å². The minimum absolute atomic E-state index is 0.0695. The standard InChI is InChI=1S/C12H13N3O4S/c1-7-14-10-4-8(2-3-11(10)19-7)15-6-9(5-12(15)16)20(13,17)18/h2-4,9H,5-6H2,1H3,(H2,13,17,18). The van der Waals surface area contributed by atoms with Crippen LogP contribution in [0.5, 0.6) is 0 Å². The van der Waals surface area contributed by atoms with E-state index in [2.05, 4.69) is 4.98 Å². The third kappa shape index (κ3) is 2.16. The molecule has 1 aliphatic rings. The molecular weight excluding hydrogens is 282 g/mol. The van der Waals surface area contributed by atoms with Gasteiger partial charge < -0.3 is 9.32 Å². The van der Waals surface area contributed by atoms with Crippen molar-refractivity contribution in [3.05, 3.63) is 24.1 Å². The molecule has 0 spiro atoms. The number of nitrogens with zero attached hydrogens (tertiary/aromatic N) is 2. The molecule has 0 bridgehead atoms. The van der Waals surface area contributed by atoms with E-state index in [0.717, 1.165) is 0 Å². The first kappa shape index (κ1) is 13.1. The number of rotatable bonds is 2. The summed E-state index contributed by atoms with van der Waals surface area (Å²) < 4.78 is 28.0. The number of carbonyl (C=O) groups excluding carboxylic acids is 1. The Morgan fingerprint density at radius 3 is 2.85 bits per heavy atom. The SMILES string of the molecule is Cc1nc2cc(N3CC(S(N)(=O)=O)CC3=O)ccc2o1. The fourth-order valence-corrected chi connectivity index (χ4v) is 3.08. The minimum Gasteiger partial charge on any atom is -0.441 e. The van der Waals surface area contributed by atoms with Crippen LogP contribution in [-0.4, -0.2) is 31.1 Å². The molecule has 20 heavy (non-hydrogen) atoms. The lowest BCUT2D eigenvalue weighted by molar-refractivity contribution is -0.117. The molecule has 0 aliphatic carbocycles. The van der Waals surface area contributed by atoms with Crippen LogP contribution in [0.3, 0.4) is 0 Å². The number of sulfonamides is 1. The van der Waals surface area contributed by atoms with Gasteiger partial charge in [0, 0.05) is 25.6 Å². The van der Waals surface area contributed by atoms with E-state index < -0.39 is 15.3 Å². The molecule has 2 heterocycles. The number of hydrogen-bond donors (Lipinski definition) is 1. The molecule has 1 aromatic carbocycles. The highest BCUT2D eigenvalue weighted by Gasteiger charge is 2.37. The number of oxazole rings is 1. The zero-order valence-corrected chi connectivity index (χ0v) is 11.6. The Kier molecular flexibility index (Phi) is 2.80. The minimum atomic E-state index is -3.71. The predicted molar refractivity (Wildman–Crippen MR) is 72.6 cm³/mol. The second-order valence-corrected chi connectivity index (χ2v) is 6.65. The first-order chi connectivity index (χ1) is 9.34. The van der Waals surface area contributed by atoms with E-state index in [1.165, 1.54) is 4.90 Å². The van der Waals surface area contributed by atoms with E-state index in [1.807, 2.05) is 0 Å². The molecule has 1 unspecified atom stereocenters. The van der Waals surface area contributed by atoms with Crippen LogP contribution in [0.1, 0.15) is 12.3 Å². The molecule has 2 N–H and O–H groups in total. The topological polar surface area (TPSA) is 107 Å². The summed E-state index contributed by atoms with van der Waals surface area (Å²) in [5.74, 6) is 0.274. The van der Waals surface area contributed by atoms with Gasteiger partial charge in [0.25, 0.3) is 0 Å². The first-order valence-corrected chi connectivity index (χ1v) is 7.65. The molecule has 3 rings (SSSR count). The van der Waals surface area contributed by atoms with Crippen molar-refractivity contribution in [3.8, 4) is 0 Å². The summed E-state index contributed by atoms with van der Waals surface area (Å²) >= 11 is 0. The molecule has 1 atom stereocenters. The van der Waals surface area contributed by atoms with Crippen LogP contribution >= 0.6 is 0 Å². The van der Waals surface area contributed by atoms with E-state index in [9.17, 15) is 13.2 Å². The van der Waals surface area contributed by atoms with Gasteiger partial charge in [-0.3, -0.25) is 4.79 Å². The lowest BCUT2D eigenvalue weighted by Crippen LogP contribution is -2.32. The normalized spacial score (nSPS) is 20.0. The molecule has 2 aromatic rings. The van der Waals surface area contributed by atoms with Crippen molar-refractivity contribution in [1.82, 2.24) is 4.98 Å². The average Bonchev–Trinajstić information content (AvgIpc) is 2.89. The molecule has 0 saturated carbocycles. The van der Waals surface area contributed by atoms with Crippen LogP contribution in [0.4, 0.5) is 5.69 Å². The highest BCUT2D eigenvalue weighted by Crippen LogP contribution is 2.27. The quantitative estimate of drug-likeness (QED) is 0.869. The van der Waals surface area contributed by atoms with Crippen LogP contribution < -0.4 is 10.0 Å². The lowest BCUT2D eigenvalue weighted by atomic mass is 10.2. The highest BCUT2D eigenvalue weighted by atomic mass is 32.2. The zero-order chi connectivity index (χ0) is 14.5. The molecular formula is C12H13N3O4S. The average molecular weight is 295 g/mol. The van der Waals surface area contributed by atoms with Crippen molar-refractivity contribution < 1.29 is 17.6 Å². The van der Waals surface area contributed by atoms with Gasteiger partial charge in [0.2, 0.25) is 15.9 Å². The van der Waals surface area contributed by atoms with Gasteiger partial charge in [0.15, 0.2) is 11.5 Å². The van der Waals surface area contributed by atoms with Gasteiger partial charge in [-0.15, -0.1) is 0 Å². The number of benzene rings is 1. The maximum Gasteiger partial charge on any atom is 0.228 e. The number of aryl methyl sites for hydroxylation is 1. The number of amides is 1. The summed E-state index contributed by atoms with van der Waals surface area (Å²) in [6, 6.07) is 5.12. The summed E-state index contributed by atoms with van der Waals surface area (Å²) in [6.45, 7) is 1.80. The number of hydrogen-bond acceptors (Lipinski definition) is 5. The van der Waals surface area contributed by atoms with Gasteiger partial charge >= 0.3 is 0 Å². The Balaban J connectivity index is 1.97. The molecule has 1 aliphatic heterocycles. The first-order valence-electron chi connectivity index (χ1n) is 6.04. The maximum absolute atomic E-state index is 11.9. The van der Waals surface area contributed by atoms with E-state index in [1.54, 1.807) is 25.1 Å². The fraction of sp³-hybridized carbons (Fsp3) is 0.333. The Labute approximate surface area is 115 Å². The van der Waals surface area contributed by atoms with Crippen LogP contribution in [0, 0.1) is 6.92 Å². The van der Waals surface area contributed by atoms with E-state index in [-0.39, 0.29) is 18.9 Å². The highest BCUT2D eigenvalue weighted by molar-refractivity contribution is 7.89. The Bertz CT molecular complexity index is 796. The molecule has 1 amide bonds. The smallest absolute Gasteiger partial charge is 0.228 e. The van der Waals surface area contributed by atoms with Gasteiger partial charge in [-0.2, -0.15) is 0 Å². The molecule has 7 nitrogen and oxygen atoms in total. The van der Waals surface area contributed by atoms with Gasteiger partial charge in [-0.1, -0.05) is 0 Å². The van der Waals surface area contributed by atoms with E-state index in [4.69, 9.17) is 9.56 Å². The van der Waals surface area contributed by atoms with E-state index in [0.29, 0.717) is 22.7 Å². The zero-order valence-electron chi connectivity index (χ0n) is 10.7. The summed E-state index contributed by atoms with van der Waals surface area (Å²) in [5.41, 5.74) is 1.86. The summed E-state index contributed by atoms with van der Waals surface area (Å²) in [7, 11) is -3.71. The fourth-order valence-electron chi connectivity index (χ4n) is 2.34. The van der Waals surface area contributed by atoms with Crippen molar-refractivity contribution in [3.63, 3.8) is 0 Å². The largest absolute Gasteiger partial charge is 0.441 e. The molecule has 1 aromatic heterocycles. The second kappa shape index (κ2) is 4.29. The lowest BCUT2D eigenvalue weighted by Gasteiger charge is -2.16. The van der Waals surface area contributed by atoms with E-state index >= 15 is 0 Å². The Morgan fingerprint density at radius 1 is 1.45 bits per heavy atom. The Morgan fingerprint density at radius 2 is 2.20 bits per heavy atom. The van der Waals surface area contributed by atoms with Crippen molar-refractivity contribution in [1.29, 1.82) is 0 Å². The third-order valence-corrected chi connectivity index (χ3v) is 4.59. The Hall–Kier alpha value is -1.93. The summed E-state index contributed by atoms with van der Waals surface area (Å²) in [4.78, 5) is 17.5. The third-order valence-electron chi connectivity index (χ3n) is 3.34. The molecule has 1 fully saturated rings. The number of anilines is 1. The number of carbonyl (C=O) groups is 1. The number of primary sulfonamides is 1. The monoisotopic (exact) mass is 295 g/mol. The van der Waals surface area contributed by atoms with Gasteiger partial charge in [0.05, 0.1) is 0 Å². The number of nitrogens with two attached hydrogens (primary N) is 1. The number of aromatic nitrogens is 1. The van der Waals surface area contributed by atoms with Crippen LogP contribution in [0.2, 0.25) is 0 Å². The molecule has 0 radical (unpaired) electrons. The predicted octanol–water partition coefficient (Wildman–Crippen LogP) is 0.530. The summed E-state index contributed by atoms with van der Waals surface area (Å²) in [6.07, 6.45) is -0.0886. The molecule has 106 valence electrons.